The number of hydrogen-bond donors (Lipinski definition) is 1. The van der Waals surface area contributed by atoms with Gasteiger partial charge >= 0.3 is 0 Å². The zero-order valence-electron chi connectivity index (χ0n) is 13.5. The quantitative estimate of drug-likeness (QED) is 0.848. The Bertz CT molecular complexity index is 617. The van der Waals surface area contributed by atoms with Gasteiger partial charge in [-0.25, -0.2) is 4.98 Å². The number of aryl methyl sites for hydroxylation is 2. The van der Waals surface area contributed by atoms with E-state index in [1.807, 2.05) is 7.05 Å². The Morgan fingerprint density at radius 2 is 2.23 bits per heavy atom. The Morgan fingerprint density at radius 1 is 1.45 bits per heavy atom. The van der Waals surface area contributed by atoms with E-state index in [0.717, 1.165) is 30.8 Å². The molecule has 0 aliphatic rings. The molecular weight excluding hydrogens is 282 g/mol. The fourth-order valence-electron chi connectivity index (χ4n) is 2.34. The number of amides is 1. The van der Waals surface area contributed by atoms with Crippen LogP contribution in [0.15, 0.2) is 16.9 Å². The Hall–Kier alpha value is -2.18. The second kappa shape index (κ2) is 7.20. The largest absolute Gasteiger partial charge is 0.361 e. The summed E-state index contributed by atoms with van der Waals surface area (Å²) in [6, 6.07) is 1.49. The number of aromatic nitrogens is 4. The van der Waals surface area contributed by atoms with Crippen molar-refractivity contribution >= 4 is 5.91 Å². The molecule has 0 spiro atoms. The zero-order valence-corrected chi connectivity index (χ0v) is 13.5. The number of nitrogens with one attached hydrogen (secondary N) is 1. The molecule has 120 valence electrons. The summed E-state index contributed by atoms with van der Waals surface area (Å²) >= 11 is 0. The molecule has 2 heterocycles. The molecule has 0 unspecified atom stereocenters. The Labute approximate surface area is 130 Å². The van der Waals surface area contributed by atoms with Crippen LogP contribution in [-0.2, 0) is 13.5 Å². The van der Waals surface area contributed by atoms with Crippen molar-refractivity contribution in [3.63, 3.8) is 0 Å². The van der Waals surface area contributed by atoms with Crippen LogP contribution in [0.3, 0.4) is 0 Å². The number of hydrogen-bond acceptors (Lipinski definition) is 5. The molecule has 0 aromatic carbocycles. The van der Waals surface area contributed by atoms with Crippen molar-refractivity contribution in [3.05, 3.63) is 29.7 Å². The maximum absolute atomic E-state index is 12.4. The predicted molar refractivity (Wildman–Crippen MR) is 81.2 cm³/mol. The van der Waals surface area contributed by atoms with E-state index in [1.165, 1.54) is 6.33 Å². The number of nitrogens with zero attached hydrogens (tertiary/aromatic N) is 4. The lowest BCUT2D eigenvalue weighted by Crippen LogP contribution is -2.31. The first-order valence-corrected chi connectivity index (χ1v) is 7.61. The molecule has 1 amide bonds. The third kappa shape index (κ3) is 3.93. The van der Waals surface area contributed by atoms with Gasteiger partial charge in [0.1, 0.15) is 17.9 Å². The normalized spacial score (nSPS) is 12.6. The van der Waals surface area contributed by atoms with Crippen molar-refractivity contribution in [2.45, 2.75) is 46.1 Å². The summed E-state index contributed by atoms with van der Waals surface area (Å²) in [7, 11) is 1.82. The third-order valence-electron chi connectivity index (χ3n) is 3.36. The second-order valence-corrected chi connectivity index (χ2v) is 5.83. The zero-order chi connectivity index (χ0) is 16.1. The molecule has 2 aromatic heterocycles. The van der Waals surface area contributed by atoms with Crippen LogP contribution >= 0.6 is 0 Å². The molecule has 2 rings (SSSR count). The van der Waals surface area contributed by atoms with E-state index >= 15 is 0 Å². The van der Waals surface area contributed by atoms with Crippen molar-refractivity contribution < 1.29 is 9.32 Å². The van der Waals surface area contributed by atoms with Gasteiger partial charge in [0.15, 0.2) is 5.69 Å². The maximum Gasteiger partial charge on any atom is 0.274 e. The van der Waals surface area contributed by atoms with Crippen LogP contribution in [0.1, 0.15) is 61.7 Å². The summed E-state index contributed by atoms with van der Waals surface area (Å²) in [6.45, 7) is 6.25. The molecular formula is C15H23N5O2. The first-order chi connectivity index (χ1) is 10.5. The predicted octanol–water partition coefficient (Wildman–Crippen LogP) is 2.27. The Morgan fingerprint density at radius 3 is 2.82 bits per heavy atom. The Kier molecular flexibility index (Phi) is 5.30. The molecule has 22 heavy (non-hydrogen) atoms. The van der Waals surface area contributed by atoms with Gasteiger partial charge < -0.3 is 9.84 Å². The van der Waals surface area contributed by atoms with E-state index in [0.29, 0.717) is 11.6 Å². The van der Waals surface area contributed by atoms with Gasteiger partial charge in [-0.05, 0) is 18.8 Å². The number of carbonyl (C=O) groups excluding carboxylic acids is 1. The van der Waals surface area contributed by atoms with Gasteiger partial charge in [0, 0.05) is 19.5 Å². The molecule has 7 nitrogen and oxygen atoms in total. The van der Waals surface area contributed by atoms with Gasteiger partial charge in [-0.15, -0.1) is 0 Å². The smallest absolute Gasteiger partial charge is 0.274 e. The molecule has 0 bridgehead atoms. The highest BCUT2D eigenvalue weighted by molar-refractivity contribution is 5.92. The van der Waals surface area contributed by atoms with Crippen molar-refractivity contribution in [1.29, 1.82) is 0 Å². The van der Waals surface area contributed by atoms with Crippen molar-refractivity contribution in [1.82, 2.24) is 25.2 Å². The van der Waals surface area contributed by atoms with Gasteiger partial charge in [0.05, 0.1) is 6.04 Å². The lowest BCUT2D eigenvalue weighted by Gasteiger charge is -2.19. The summed E-state index contributed by atoms with van der Waals surface area (Å²) in [5, 5.41) is 10.9. The first kappa shape index (κ1) is 16.2. The summed E-state index contributed by atoms with van der Waals surface area (Å²) in [5.41, 5.74) is 0.305. The SMILES string of the molecule is CCCc1cc(C(=O)N[C@H](CC(C)C)c2ncnn2C)no1. The van der Waals surface area contributed by atoms with E-state index in [9.17, 15) is 4.79 Å². The highest BCUT2D eigenvalue weighted by atomic mass is 16.5. The van der Waals surface area contributed by atoms with Gasteiger partial charge in [-0.2, -0.15) is 5.10 Å². The Balaban J connectivity index is 2.12. The molecule has 0 saturated heterocycles. The van der Waals surface area contributed by atoms with E-state index < -0.39 is 0 Å². The highest BCUT2D eigenvalue weighted by Crippen LogP contribution is 2.19. The van der Waals surface area contributed by atoms with E-state index in [2.05, 4.69) is 41.3 Å². The van der Waals surface area contributed by atoms with Gasteiger partial charge in [-0.3, -0.25) is 9.48 Å². The summed E-state index contributed by atoms with van der Waals surface area (Å²) in [6.07, 6.45) is 3.99. The standard InChI is InChI=1S/C15H23N5O2/c1-5-6-11-8-13(19-22-11)15(21)18-12(7-10(2)3)14-16-9-17-20(14)4/h8-10,12H,5-7H2,1-4H3,(H,18,21)/t12-/m1/s1. The van der Waals surface area contributed by atoms with E-state index in [4.69, 9.17) is 4.52 Å². The van der Waals surface area contributed by atoms with Gasteiger partial charge in [0.25, 0.3) is 5.91 Å². The molecule has 0 aliphatic heterocycles. The van der Waals surface area contributed by atoms with Crippen LogP contribution in [0.4, 0.5) is 0 Å². The molecule has 0 fully saturated rings. The van der Waals surface area contributed by atoms with Gasteiger partial charge in [-0.1, -0.05) is 25.9 Å². The minimum atomic E-state index is -0.250. The van der Waals surface area contributed by atoms with Gasteiger partial charge in [0.2, 0.25) is 0 Å². The average molecular weight is 305 g/mol. The number of carbonyl (C=O) groups is 1. The van der Waals surface area contributed by atoms with Crippen molar-refractivity contribution in [2.24, 2.45) is 13.0 Å². The number of rotatable bonds is 7. The molecule has 2 aromatic rings. The molecule has 7 heteroatoms. The van der Waals surface area contributed by atoms with E-state index in [1.54, 1.807) is 10.7 Å². The highest BCUT2D eigenvalue weighted by Gasteiger charge is 2.22. The first-order valence-electron chi connectivity index (χ1n) is 7.61. The lowest BCUT2D eigenvalue weighted by atomic mass is 10.0. The van der Waals surface area contributed by atoms with Crippen LogP contribution in [0, 0.1) is 5.92 Å². The minimum absolute atomic E-state index is 0.202. The van der Waals surface area contributed by atoms with Crippen LogP contribution in [0.5, 0.6) is 0 Å². The average Bonchev–Trinajstić information content (AvgIpc) is 3.07. The molecule has 0 saturated carbocycles. The minimum Gasteiger partial charge on any atom is -0.361 e. The van der Waals surface area contributed by atoms with Crippen LogP contribution in [0.2, 0.25) is 0 Å². The molecule has 1 atom stereocenters. The molecule has 0 radical (unpaired) electrons. The summed E-state index contributed by atoms with van der Waals surface area (Å²) in [5.74, 6) is 1.63. The van der Waals surface area contributed by atoms with Crippen LogP contribution < -0.4 is 5.32 Å². The summed E-state index contributed by atoms with van der Waals surface area (Å²) in [4.78, 5) is 16.6. The topological polar surface area (TPSA) is 85.8 Å². The van der Waals surface area contributed by atoms with Crippen molar-refractivity contribution in [2.75, 3.05) is 0 Å². The van der Waals surface area contributed by atoms with Crippen molar-refractivity contribution in [3.8, 4) is 0 Å². The monoisotopic (exact) mass is 305 g/mol. The lowest BCUT2D eigenvalue weighted by molar-refractivity contribution is 0.0919. The van der Waals surface area contributed by atoms with Crippen LogP contribution in [-0.4, -0.2) is 25.8 Å². The maximum atomic E-state index is 12.4. The fraction of sp³-hybridized carbons (Fsp3) is 0.600. The molecule has 1 N–H and O–H groups in total. The van der Waals surface area contributed by atoms with E-state index in [-0.39, 0.29) is 11.9 Å². The fourth-order valence-corrected chi connectivity index (χ4v) is 2.34. The third-order valence-corrected chi connectivity index (χ3v) is 3.36. The second-order valence-electron chi connectivity index (χ2n) is 5.83. The summed E-state index contributed by atoms with van der Waals surface area (Å²) < 4.78 is 6.84. The molecule has 0 aliphatic carbocycles. The van der Waals surface area contributed by atoms with Crippen LogP contribution in [0.25, 0.3) is 0 Å².